The number of hydrogen-bond acceptors (Lipinski definition) is 8. The lowest BCUT2D eigenvalue weighted by Crippen LogP contribution is -2.65. The van der Waals surface area contributed by atoms with Gasteiger partial charge in [-0.05, 0) is 28.2 Å². The van der Waals surface area contributed by atoms with E-state index in [0.29, 0.717) is 17.6 Å². The van der Waals surface area contributed by atoms with Gasteiger partial charge in [-0.3, -0.25) is 0 Å². The fourth-order valence-corrected chi connectivity index (χ4v) is 17.0. The highest BCUT2D eigenvalue weighted by Gasteiger charge is 2.61. The first-order chi connectivity index (χ1) is 16.3. The van der Waals surface area contributed by atoms with Gasteiger partial charge in [-0.25, -0.2) is 4.98 Å². The van der Waals surface area contributed by atoms with Crippen molar-refractivity contribution in [3.8, 4) is 0 Å². The lowest BCUT2D eigenvalue weighted by Gasteiger charge is -2.51. The van der Waals surface area contributed by atoms with E-state index in [4.69, 9.17) is 35.0 Å². The second kappa shape index (κ2) is 9.68. The number of ether oxygens (including phenoxy) is 1. The van der Waals surface area contributed by atoms with Crippen LogP contribution in [0.25, 0.3) is 11.0 Å². The van der Waals surface area contributed by atoms with Gasteiger partial charge in [0, 0.05) is 6.20 Å². The Bertz CT molecular complexity index is 1050. The number of aliphatic hydroxyl groups is 1. The summed E-state index contributed by atoms with van der Waals surface area (Å²) in [4.78, 5) is 8.39. The molecule has 0 aromatic carbocycles. The molecule has 12 heteroatoms. The number of fused-ring (bicyclic) bond motifs is 2. The number of aliphatic hydroxyl groups excluding tert-OH is 1. The van der Waals surface area contributed by atoms with Crippen LogP contribution in [0.1, 0.15) is 61.6 Å². The fraction of sp³-hybridized carbons (Fsp3) is 0.739. The first kappa shape index (κ1) is 27.0. The van der Waals surface area contributed by atoms with Gasteiger partial charge in [0.05, 0.1) is 12.0 Å². The second-order valence-electron chi connectivity index (χ2n) is 10.9. The van der Waals surface area contributed by atoms with E-state index in [1.54, 1.807) is 16.8 Å². The largest absolute Gasteiger partial charge is 0.414 e. The molecule has 9 nitrogen and oxygen atoms in total. The molecule has 0 spiro atoms. The van der Waals surface area contributed by atoms with Crippen LogP contribution in [0.5, 0.6) is 0 Å². The van der Waals surface area contributed by atoms with Crippen LogP contribution >= 0.6 is 11.6 Å². The molecule has 2 aromatic rings. The van der Waals surface area contributed by atoms with Crippen LogP contribution < -0.4 is 5.73 Å². The van der Waals surface area contributed by atoms with E-state index >= 15 is 0 Å². The standard InChI is InChI=1S/C23H39ClN4O5Si2/c1-12(2)34(13(3)4)30-11-17-19(32-35(33-34,14(5)6)15(7)8)18(29)22(31-17)28-10-9-16-20(24)26-23(25)27-21(16)28/h9-10,12-15,17-19,22,29H,11H2,1-8H3,(H2,25,26,27)/t17-,18+,19-,22?/m1/s1. The summed E-state index contributed by atoms with van der Waals surface area (Å²) in [6.07, 6.45) is -0.981. The minimum Gasteiger partial charge on any atom is -0.414 e. The van der Waals surface area contributed by atoms with Crippen molar-refractivity contribution in [2.24, 2.45) is 0 Å². The average molecular weight is 543 g/mol. The predicted octanol–water partition coefficient (Wildman–Crippen LogP) is 4.88. The molecule has 4 rings (SSSR count). The van der Waals surface area contributed by atoms with Crippen molar-refractivity contribution >= 4 is 45.7 Å². The Kier molecular flexibility index (Phi) is 7.46. The smallest absolute Gasteiger partial charge is 0.335 e. The van der Waals surface area contributed by atoms with Crippen LogP contribution in [0.15, 0.2) is 12.3 Å². The molecular formula is C23H39ClN4O5Si2. The van der Waals surface area contributed by atoms with Gasteiger partial charge < -0.3 is 33.1 Å². The van der Waals surface area contributed by atoms with Crippen molar-refractivity contribution < 1.29 is 22.8 Å². The summed E-state index contributed by atoms with van der Waals surface area (Å²) in [5.74, 6) is 0.0598. The number of halogens is 1. The molecule has 1 unspecified atom stereocenters. The highest BCUT2D eigenvalue weighted by Crippen LogP contribution is 2.48. The van der Waals surface area contributed by atoms with Gasteiger partial charge in [0.1, 0.15) is 29.1 Å². The SMILES string of the molecule is CC(C)[Si]1(C(C)C)OC[C@H]2OC(n3ccc4c(Cl)nc(N)nc43)[C@@H](O)[C@@H]2O[Si](C(C)C)(C(C)C)O1. The number of aromatic nitrogens is 3. The van der Waals surface area contributed by atoms with Gasteiger partial charge in [0.15, 0.2) is 6.23 Å². The maximum absolute atomic E-state index is 11.6. The highest BCUT2D eigenvalue weighted by atomic mass is 35.5. The van der Waals surface area contributed by atoms with Crippen molar-refractivity contribution in [3.63, 3.8) is 0 Å². The zero-order valence-corrected chi connectivity index (χ0v) is 24.6. The van der Waals surface area contributed by atoms with Crippen molar-refractivity contribution in [3.05, 3.63) is 17.4 Å². The topological polar surface area (TPSA) is 114 Å². The van der Waals surface area contributed by atoms with Gasteiger partial charge in [0.2, 0.25) is 5.95 Å². The molecule has 0 saturated carbocycles. The zero-order chi connectivity index (χ0) is 25.9. The molecule has 3 N–H and O–H groups in total. The number of rotatable bonds is 5. The van der Waals surface area contributed by atoms with E-state index < -0.39 is 41.7 Å². The van der Waals surface area contributed by atoms with E-state index in [1.807, 2.05) is 0 Å². The Morgan fingerprint density at radius 2 is 1.63 bits per heavy atom. The van der Waals surface area contributed by atoms with E-state index in [9.17, 15) is 5.11 Å². The van der Waals surface area contributed by atoms with Gasteiger partial charge in [-0.1, -0.05) is 67.0 Å². The Balaban J connectivity index is 1.78. The molecule has 2 saturated heterocycles. The third-order valence-electron chi connectivity index (χ3n) is 7.46. The summed E-state index contributed by atoms with van der Waals surface area (Å²) >= 11 is 6.28. The molecule has 4 heterocycles. The third kappa shape index (κ3) is 4.37. The Hall–Kier alpha value is -1.06. The van der Waals surface area contributed by atoms with Crippen LogP contribution in [0.3, 0.4) is 0 Å². The van der Waals surface area contributed by atoms with Crippen molar-refractivity contribution in [2.75, 3.05) is 12.3 Å². The number of anilines is 1. The Labute approximate surface area is 214 Å². The first-order valence-electron chi connectivity index (χ1n) is 12.5. The van der Waals surface area contributed by atoms with Gasteiger partial charge in [-0.15, -0.1) is 0 Å². The van der Waals surface area contributed by atoms with E-state index in [1.165, 1.54) is 0 Å². The summed E-state index contributed by atoms with van der Waals surface area (Å²) < 4.78 is 29.2. The second-order valence-corrected chi connectivity index (χ2v) is 20.1. The van der Waals surface area contributed by atoms with Gasteiger partial charge in [0.25, 0.3) is 0 Å². The minimum absolute atomic E-state index is 0.0598. The molecule has 35 heavy (non-hydrogen) atoms. The van der Waals surface area contributed by atoms with Crippen LogP contribution in [-0.4, -0.2) is 61.7 Å². The van der Waals surface area contributed by atoms with Crippen LogP contribution in [0, 0.1) is 0 Å². The van der Waals surface area contributed by atoms with Gasteiger partial charge >= 0.3 is 17.1 Å². The number of hydrogen-bond donors (Lipinski definition) is 2. The number of nitrogens with two attached hydrogens (primary N) is 1. The molecule has 0 aliphatic carbocycles. The van der Waals surface area contributed by atoms with Crippen molar-refractivity contribution in [1.82, 2.24) is 14.5 Å². The average Bonchev–Trinajstić information content (AvgIpc) is 3.28. The molecule has 4 atom stereocenters. The number of nitrogen functional groups attached to an aromatic ring is 1. The molecule has 196 valence electrons. The molecular weight excluding hydrogens is 504 g/mol. The normalized spacial score (nSPS) is 28.7. The molecule has 0 bridgehead atoms. The quantitative estimate of drug-likeness (QED) is 0.406. The fourth-order valence-electron chi connectivity index (χ4n) is 5.58. The van der Waals surface area contributed by atoms with Crippen molar-refractivity contribution in [2.45, 2.75) is 102 Å². The molecule has 2 fully saturated rings. The molecule has 0 amide bonds. The van der Waals surface area contributed by atoms with Crippen LogP contribution in [0.2, 0.25) is 27.3 Å². The lowest BCUT2D eigenvalue weighted by atomic mass is 10.1. The Morgan fingerprint density at radius 3 is 2.20 bits per heavy atom. The molecule has 2 aliphatic rings. The molecule has 2 aliphatic heterocycles. The highest BCUT2D eigenvalue weighted by molar-refractivity contribution is 6.84. The number of nitrogens with zero attached hydrogens (tertiary/aromatic N) is 3. The maximum Gasteiger partial charge on any atom is 0.335 e. The summed E-state index contributed by atoms with van der Waals surface area (Å²) in [5.41, 5.74) is 7.12. The first-order valence-corrected chi connectivity index (χ1v) is 16.8. The van der Waals surface area contributed by atoms with E-state index in [0.717, 1.165) is 0 Å². The zero-order valence-electron chi connectivity index (χ0n) is 21.9. The van der Waals surface area contributed by atoms with Crippen LogP contribution in [0.4, 0.5) is 5.95 Å². The minimum atomic E-state index is -2.87. The monoisotopic (exact) mass is 542 g/mol. The van der Waals surface area contributed by atoms with E-state index in [-0.39, 0.29) is 33.3 Å². The van der Waals surface area contributed by atoms with E-state index in [2.05, 4.69) is 65.4 Å². The van der Waals surface area contributed by atoms with Crippen LogP contribution in [-0.2, 0) is 17.7 Å². The summed E-state index contributed by atoms with van der Waals surface area (Å²) in [5, 5.41) is 12.5. The summed E-state index contributed by atoms with van der Waals surface area (Å²) in [6.45, 7) is 17.6. The summed E-state index contributed by atoms with van der Waals surface area (Å²) in [6, 6.07) is 1.80. The predicted molar refractivity (Wildman–Crippen MR) is 141 cm³/mol. The maximum atomic E-state index is 11.6. The van der Waals surface area contributed by atoms with Crippen molar-refractivity contribution in [1.29, 1.82) is 0 Å². The third-order valence-corrected chi connectivity index (χ3v) is 18.0. The summed E-state index contributed by atoms with van der Waals surface area (Å²) in [7, 11) is -5.57. The molecule has 2 aromatic heterocycles. The lowest BCUT2D eigenvalue weighted by molar-refractivity contribution is -0.0568. The Morgan fingerprint density at radius 1 is 1.03 bits per heavy atom. The molecule has 0 radical (unpaired) electrons. The van der Waals surface area contributed by atoms with Gasteiger partial charge in [-0.2, -0.15) is 4.98 Å².